The molecule has 0 bridgehead atoms. The zero-order chi connectivity index (χ0) is 16.2. The van der Waals surface area contributed by atoms with Crippen LogP contribution in [-0.4, -0.2) is 30.9 Å². The molecule has 1 aliphatic rings. The number of rotatable bonds is 5. The SMILES string of the molecule is CC(CC(=O)N(C)Cc1cc2ccccc2o1)C1CCCNC1.Cl. The highest BCUT2D eigenvalue weighted by Crippen LogP contribution is 2.24. The molecule has 5 heteroatoms. The Morgan fingerprint density at radius 2 is 2.21 bits per heavy atom. The van der Waals surface area contributed by atoms with Crippen LogP contribution in [0.1, 0.15) is 31.9 Å². The molecule has 132 valence electrons. The molecule has 1 N–H and O–H groups in total. The second-order valence-corrected chi connectivity index (χ2v) is 6.79. The highest BCUT2D eigenvalue weighted by molar-refractivity contribution is 5.85. The molecule has 0 aliphatic carbocycles. The monoisotopic (exact) mass is 350 g/mol. The van der Waals surface area contributed by atoms with Crippen molar-refractivity contribution in [3.8, 4) is 0 Å². The Morgan fingerprint density at radius 1 is 1.42 bits per heavy atom. The lowest BCUT2D eigenvalue weighted by Gasteiger charge is -2.29. The van der Waals surface area contributed by atoms with Crippen molar-refractivity contribution in [2.24, 2.45) is 11.8 Å². The van der Waals surface area contributed by atoms with Crippen molar-refractivity contribution in [1.82, 2.24) is 10.2 Å². The first-order valence-electron chi connectivity index (χ1n) is 8.55. The molecule has 0 spiro atoms. The van der Waals surface area contributed by atoms with Crippen LogP contribution in [0.2, 0.25) is 0 Å². The van der Waals surface area contributed by atoms with Gasteiger partial charge in [0.1, 0.15) is 11.3 Å². The minimum atomic E-state index is 0. The number of hydrogen-bond donors (Lipinski definition) is 1. The summed E-state index contributed by atoms with van der Waals surface area (Å²) in [5, 5.41) is 4.52. The first-order valence-corrected chi connectivity index (χ1v) is 8.55. The number of para-hydroxylation sites is 1. The van der Waals surface area contributed by atoms with Crippen LogP contribution in [0, 0.1) is 11.8 Å². The molecule has 1 aliphatic heterocycles. The zero-order valence-electron chi connectivity index (χ0n) is 14.5. The fourth-order valence-electron chi connectivity index (χ4n) is 3.40. The number of fused-ring (bicyclic) bond motifs is 1. The van der Waals surface area contributed by atoms with E-state index in [-0.39, 0.29) is 18.3 Å². The Kier molecular flexibility index (Phi) is 6.69. The molecule has 1 aromatic carbocycles. The van der Waals surface area contributed by atoms with Crippen LogP contribution in [0.5, 0.6) is 0 Å². The summed E-state index contributed by atoms with van der Waals surface area (Å²) in [5.74, 6) is 2.08. The van der Waals surface area contributed by atoms with E-state index in [1.165, 1.54) is 12.8 Å². The minimum absolute atomic E-state index is 0. The number of piperidine rings is 1. The summed E-state index contributed by atoms with van der Waals surface area (Å²) in [6.45, 7) is 4.89. The predicted molar refractivity (Wildman–Crippen MR) is 99.3 cm³/mol. The maximum absolute atomic E-state index is 12.5. The molecule has 3 rings (SSSR count). The Labute approximate surface area is 150 Å². The van der Waals surface area contributed by atoms with E-state index >= 15 is 0 Å². The molecule has 1 fully saturated rings. The molecule has 2 aromatic rings. The van der Waals surface area contributed by atoms with Gasteiger partial charge in [-0.05, 0) is 49.9 Å². The third-order valence-electron chi connectivity index (χ3n) is 4.93. The van der Waals surface area contributed by atoms with Gasteiger partial charge in [-0.2, -0.15) is 0 Å². The highest BCUT2D eigenvalue weighted by atomic mass is 35.5. The number of hydrogen-bond acceptors (Lipinski definition) is 3. The maximum atomic E-state index is 12.5. The predicted octanol–water partition coefficient (Wildman–Crippen LogP) is 3.84. The molecule has 0 saturated carbocycles. The lowest BCUT2D eigenvalue weighted by molar-refractivity contribution is -0.132. The topological polar surface area (TPSA) is 45.5 Å². The fraction of sp³-hybridized carbons (Fsp3) is 0.526. The standard InChI is InChI=1S/C19H26N2O2.ClH/c1-14(16-7-5-9-20-12-16)10-19(22)21(2)13-17-11-15-6-3-4-8-18(15)23-17;/h3-4,6,8,11,14,16,20H,5,7,9-10,12-13H2,1-2H3;1H. The number of furan rings is 1. The fourth-order valence-corrected chi connectivity index (χ4v) is 3.40. The number of nitrogens with zero attached hydrogens (tertiary/aromatic N) is 1. The lowest BCUT2D eigenvalue weighted by atomic mass is 9.85. The molecule has 2 heterocycles. The summed E-state index contributed by atoms with van der Waals surface area (Å²) in [7, 11) is 1.86. The normalized spacial score (nSPS) is 18.8. The van der Waals surface area contributed by atoms with Crippen molar-refractivity contribution in [3.05, 3.63) is 36.1 Å². The molecular formula is C19H27ClN2O2. The van der Waals surface area contributed by atoms with Crippen LogP contribution in [-0.2, 0) is 11.3 Å². The Morgan fingerprint density at radius 3 is 2.92 bits per heavy atom. The van der Waals surface area contributed by atoms with E-state index in [0.29, 0.717) is 24.8 Å². The molecule has 4 nitrogen and oxygen atoms in total. The average Bonchev–Trinajstić information content (AvgIpc) is 2.97. The number of benzene rings is 1. The van der Waals surface area contributed by atoms with Gasteiger partial charge in [-0.15, -0.1) is 12.4 Å². The third kappa shape index (κ3) is 4.52. The van der Waals surface area contributed by atoms with Gasteiger partial charge in [0.25, 0.3) is 0 Å². The molecule has 2 atom stereocenters. The van der Waals surface area contributed by atoms with Crippen LogP contribution < -0.4 is 5.32 Å². The van der Waals surface area contributed by atoms with E-state index < -0.39 is 0 Å². The Bertz CT molecular complexity index is 631. The number of carbonyl (C=O) groups is 1. The molecule has 0 radical (unpaired) electrons. The van der Waals surface area contributed by atoms with E-state index in [2.05, 4.69) is 12.2 Å². The van der Waals surface area contributed by atoms with Gasteiger partial charge in [-0.25, -0.2) is 0 Å². The third-order valence-corrected chi connectivity index (χ3v) is 4.93. The van der Waals surface area contributed by atoms with Crippen molar-refractivity contribution in [2.75, 3.05) is 20.1 Å². The van der Waals surface area contributed by atoms with Crippen LogP contribution in [0.4, 0.5) is 0 Å². The molecule has 1 saturated heterocycles. The Hall–Kier alpha value is -1.52. The van der Waals surface area contributed by atoms with Crippen molar-refractivity contribution >= 4 is 29.3 Å². The first-order chi connectivity index (χ1) is 11.1. The minimum Gasteiger partial charge on any atom is -0.459 e. The highest BCUT2D eigenvalue weighted by Gasteiger charge is 2.23. The smallest absolute Gasteiger partial charge is 0.222 e. The van der Waals surface area contributed by atoms with Crippen molar-refractivity contribution < 1.29 is 9.21 Å². The molecule has 1 aromatic heterocycles. The van der Waals surface area contributed by atoms with Gasteiger partial charge in [0.15, 0.2) is 0 Å². The van der Waals surface area contributed by atoms with Crippen LogP contribution in [0.15, 0.2) is 34.7 Å². The van der Waals surface area contributed by atoms with Gasteiger partial charge in [-0.3, -0.25) is 4.79 Å². The summed E-state index contributed by atoms with van der Waals surface area (Å²) in [6, 6.07) is 9.97. The van der Waals surface area contributed by atoms with Crippen LogP contribution in [0.25, 0.3) is 11.0 Å². The second kappa shape index (κ2) is 8.54. The molecule has 1 amide bonds. The van der Waals surface area contributed by atoms with Gasteiger partial charge < -0.3 is 14.6 Å². The Balaban J connectivity index is 0.00000208. The number of carbonyl (C=O) groups excluding carboxylic acids is 1. The van der Waals surface area contributed by atoms with E-state index in [0.717, 1.165) is 29.8 Å². The summed E-state index contributed by atoms with van der Waals surface area (Å²) < 4.78 is 5.81. The van der Waals surface area contributed by atoms with E-state index in [1.807, 2.05) is 37.4 Å². The molecular weight excluding hydrogens is 324 g/mol. The van der Waals surface area contributed by atoms with Crippen molar-refractivity contribution in [1.29, 1.82) is 0 Å². The quantitative estimate of drug-likeness (QED) is 0.891. The summed E-state index contributed by atoms with van der Waals surface area (Å²) in [5.41, 5.74) is 0.880. The number of amides is 1. The van der Waals surface area contributed by atoms with Crippen molar-refractivity contribution in [2.45, 2.75) is 32.7 Å². The largest absolute Gasteiger partial charge is 0.459 e. The summed E-state index contributed by atoms with van der Waals surface area (Å²) in [4.78, 5) is 14.3. The van der Waals surface area contributed by atoms with Crippen LogP contribution in [0.3, 0.4) is 0 Å². The van der Waals surface area contributed by atoms with E-state index in [1.54, 1.807) is 4.90 Å². The van der Waals surface area contributed by atoms with E-state index in [4.69, 9.17) is 4.42 Å². The average molecular weight is 351 g/mol. The maximum Gasteiger partial charge on any atom is 0.222 e. The van der Waals surface area contributed by atoms with Crippen LogP contribution >= 0.6 is 12.4 Å². The first kappa shape index (κ1) is 18.8. The second-order valence-electron chi connectivity index (χ2n) is 6.79. The summed E-state index contributed by atoms with van der Waals surface area (Å²) >= 11 is 0. The van der Waals surface area contributed by atoms with Gasteiger partial charge in [0.05, 0.1) is 6.54 Å². The van der Waals surface area contributed by atoms with Gasteiger partial charge in [0.2, 0.25) is 5.91 Å². The molecule has 24 heavy (non-hydrogen) atoms. The van der Waals surface area contributed by atoms with Gasteiger partial charge in [0, 0.05) is 18.9 Å². The number of nitrogens with one attached hydrogen (secondary N) is 1. The lowest BCUT2D eigenvalue weighted by Crippen LogP contribution is -2.36. The molecule has 2 unspecified atom stereocenters. The number of halogens is 1. The zero-order valence-corrected chi connectivity index (χ0v) is 15.3. The summed E-state index contributed by atoms with van der Waals surface area (Å²) in [6.07, 6.45) is 3.07. The van der Waals surface area contributed by atoms with Gasteiger partial charge in [-0.1, -0.05) is 25.1 Å². The van der Waals surface area contributed by atoms with Gasteiger partial charge >= 0.3 is 0 Å². The van der Waals surface area contributed by atoms with E-state index in [9.17, 15) is 4.79 Å². The van der Waals surface area contributed by atoms with Crippen molar-refractivity contribution in [3.63, 3.8) is 0 Å².